The number of esters is 1. The number of benzene rings is 1. The van der Waals surface area contributed by atoms with Gasteiger partial charge < -0.3 is 14.6 Å². The molecule has 7 heteroatoms. The van der Waals surface area contributed by atoms with E-state index in [4.69, 9.17) is 14.5 Å². The van der Waals surface area contributed by atoms with Crippen LogP contribution in [0.15, 0.2) is 35.1 Å². The van der Waals surface area contributed by atoms with E-state index in [0.717, 1.165) is 16.5 Å². The summed E-state index contributed by atoms with van der Waals surface area (Å²) in [6.07, 6.45) is 0.0693. The molecular weight excluding hydrogens is 372 g/mol. The van der Waals surface area contributed by atoms with Gasteiger partial charge in [-0.3, -0.25) is 9.36 Å². The number of ether oxygens (including phenoxy) is 2. The fourth-order valence-corrected chi connectivity index (χ4v) is 4.33. The lowest BCUT2D eigenvalue weighted by atomic mass is 9.85. The average molecular weight is 392 g/mol. The third kappa shape index (κ3) is 2.31. The molecule has 5 rings (SSSR count). The van der Waals surface area contributed by atoms with Crippen LogP contribution in [0.2, 0.25) is 0 Å². The van der Waals surface area contributed by atoms with Crippen LogP contribution in [0.25, 0.3) is 22.3 Å². The number of pyridine rings is 2. The molecule has 148 valence electrons. The van der Waals surface area contributed by atoms with Crippen molar-refractivity contribution in [3.05, 3.63) is 57.4 Å². The summed E-state index contributed by atoms with van der Waals surface area (Å²) in [5.41, 5.74) is 1.12. The van der Waals surface area contributed by atoms with E-state index in [1.165, 1.54) is 0 Å². The predicted molar refractivity (Wildman–Crippen MR) is 106 cm³/mol. The number of cyclic esters (lactones) is 1. The summed E-state index contributed by atoms with van der Waals surface area (Å²) < 4.78 is 12.7. The minimum Gasteiger partial charge on any atom is -0.491 e. The lowest BCUT2D eigenvalue weighted by Gasteiger charge is -2.33. The lowest BCUT2D eigenvalue weighted by Crippen LogP contribution is -2.45. The van der Waals surface area contributed by atoms with Crippen molar-refractivity contribution in [1.29, 1.82) is 0 Å². The van der Waals surface area contributed by atoms with Crippen LogP contribution in [0, 0.1) is 0 Å². The first kappa shape index (κ1) is 17.9. The van der Waals surface area contributed by atoms with Gasteiger partial charge in [0.25, 0.3) is 5.56 Å². The average Bonchev–Trinajstić information content (AvgIpc) is 3.10. The lowest BCUT2D eigenvalue weighted by molar-refractivity contribution is -0.172. The van der Waals surface area contributed by atoms with Gasteiger partial charge in [-0.15, -0.1) is 0 Å². The van der Waals surface area contributed by atoms with Gasteiger partial charge >= 0.3 is 5.97 Å². The number of hydrogen-bond acceptors (Lipinski definition) is 6. The molecule has 1 N–H and O–H groups in total. The molecular formula is C22H20N2O5. The normalized spacial score (nSPS) is 19.5. The number of rotatable bonds is 3. The highest BCUT2D eigenvalue weighted by Gasteiger charge is 2.48. The largest absolute Gasteiger partial charge is 0.491 e. The van der Waals surface area contributed by atoms with Gasteiger partial charge in [0, 0.05) is 10.9 Å². The van der Waals surface area contributed by atoms with Crippen molar-refractivity contribution in [3.63, 3.8) is 0 Å². The molecule has 0 bridgehead atoms. The molecule has 0 saturated heterocycles. The number of carbonyl (C=O) groups is 1. The fraction of sp³-hybridized carbons (Fsp3) is 0.318. The molecule has 0 spiro atoms. The van der Waals surface area contributed by atoms with Gasteiger partial charge in [-0.05, 0) is 25.5 Å². The number of nitrogens with zero attached hydrogens (tertiary/aromatic N) is 2. The topological polar surface area (TPSA) is 90.7 Å². The molecule has 3 aromatic rings. The van der Waals surface area contributed by atoms with Gasteiger partial charge in [0.1, 0.15) is 12.3 Å². The number of hydrogen-bond donors (Lipinski definition) is 1. The summed E-state index contributed by atoms with van der Waals surface area (Å²) in [6, 6.07) is 9.76. The predicted octanol–water partition coefficient (Wildman–Crippen LogP) is 2.48. The molecule has 0 unspecified atom stereocenters. The minimum atomic E-state index is -1.92. The summed E-state index contributed by atoms with van der Waals surface area (Å²) in [6.45, 7) is 3.99. The molecule has 0 radical (unpaired) electrons. The third-order valence-electron chi connectivity index (χ3n) is 5.77. The molecule has 0 aliphatic carbocycles. The van der Waals surface area contributed by atoms with E-state index in [1.807, 2.05) is 37.3 Å². The molecule has 1 aromatic carbocycles. The molecule has 2 aliphatic heterocycles. The first-order valence-electron chi connectivity index (χ1n) is 9.71. The van der Waals surface area contributed by atoms with Crippen LogP contribution in [-0.2, 0) is 28.3 Å². The number of carbonyl (C=O) groups excluding carboxylic acids is 1. The molecule has 29 heavy (non-hydrogen) atoms. The molecule has 0 fully saturated rings. The zero-order valence-corrected chi connectivity index (χ0v) is 16.2. The van der Waals surface area contributed by atoms with Crippen molar-refractivity contribution in [1.82, 2.24) is 9.55 Å². The first-order chi connectivity index (χ1) is 14.0. The molecule has 1 atom stereocenters. The summed E-state index contributed by atoms with van der Waals surface area (Å²) in [5.74, 6) is -0.424. The highest BCUT2D eigenvalue weighted by molar-refractivity contribution is 5.89. The molecule has 7 nitrogen and oxygen atoms in total. The molecule has 0 amide bonds. The van der Waals surface area contributed by atoms with E-state index >= 15 is 0 Å². The smallest absolute Gasteiger partial charge is 0.343 e. The Morgan fingerprint density at radius 2 is 2.07 bits per heavy atom. The van der Waals surface area contributed by atoms with Crippen LogP contribution in [0.3, 0.4) is 0 Å². The Morgan fingerprint density at radius 1 is 1.28 bits per heavy atom. The van der Waals surface area contributed by atoms with Gasteiger partial charge in [0.2, 0.25) is 0 Å². The number of aliphatic hydroxyl groups is 1. The van der Waals surface area contributed by atoms with Crippen molar-refractivity contribution in [2.24, 2.45) is 0 Å². The van der Waals surface area contributed by atoms with E-state index in [0.29, 0.717) is 30.3 Å². The minimum absolute atomic E-state index is 0.0693. The first-order valence-corrected chi connectivity index (χ1v) is 9.71. The monoisotopic (exact) mass is 392 g/mol. The second-order valence-electron chi connectivity index (χ2n) is 7.33. The summed E-state index contributed by atoms with van der Waals surface area (Å²) in [4.78, 5) is 30.5. The Kier molecular flexibility index (Phi) is 3.79. The van der Waals surface area contributed by atoms with Gasteiger partial charge in [0.05, 0.1) is 35.5 Å². The maximum Gasteiger partial charge on any atom is 0.343 e. The molecule has 2 aliphatic rings. The Hall–Kier alpha value is -3.19. The van der Waals surface area contributed by atoms with Gasteiger partial charge in [-0.1, -0.05) is 25.1 Å². The Bertz CT molecular complexity index is 1250. The van der Waals surface area contributed by atoms with Crippen LogP contribution in [0.1, 0.15) is 37.0 Å². The second-order valence-corrected chi connectivity index (χ2v) is 7.33. The molecule has 4 heterocycles. The van der Waals surface area contributed by atoms with Crippen LogP contribution >= 0.6 is 0 Å². The maximum absolute atomic E-state index is 13.3. The highest BCUT2D eigenvalue weighted by Crippen LogP contribution is 2.46. The highest BCUT2D eigenvalue weighted by atomic mass is 16.6. The van der Waals surface area contributed by atoms with Gasteiger partial charge in [0.15, 0.2) is 11.4 Å². The van der Waals surface area contributed by atoms with Crippen LogP contribution < -0.4 is 10.3 Å². The van der Waals surface area contributed by atoms with E-state index in [-0.39, 0.29) is 29.7 Å². The van der Waals surface area contributed by atoms with Crippen molar-refractivity contribution in [2.45, 2.75) is 39.0 Å². The summed E-state index contributed by atoms with van der Waals surface area (Å²) in [7, 11) is 0. The molecule has 0 saturated carbocycles. The molecule has 2 aromatic heterocycles. The van der Waals surface area contributed by atoms with Crippen molar-refractivity contribution in [2.75, 3.05) is 6.61 Å². The summed E-state index contributed by atoms with van der Waals surface area (Å²) in [5, 5.41) is 12.1. The zero-order valence-electron chi connectivity index (χ0n) is 16.2. The SMILES string of the molecule is CCOc1c2c(c(=O)n3c1-c1nc4ccccc4cc1C3)COC(=O)[C@]2(O)CC. The van der Waals surface area contributed by atoms with E-state index in [9.17, 15) is 14.7 Å². The third-order valence-corrected chi connectivity index (χ3v) is 5.77. The number of para-hydroxylation sites is 1. The van der Waals surface area contributed by atoms with Gasteiger partial charge in [-0.2, -0.15) is 0 Å². The van der Waals surface area contributed by atoms with E-state index in [1.54, 1.807) is 11.5 Å². The quantitative estimate of drug-likeness (QED) is 0.539. The van der Waals surface area contributed by atoms with Crippen molar-refractivity contribution >= 4 is 16.9 Å². The van der Waals surface area contributed by atoms with Crippen molar-refractivity contribution in [3.8, 4) is 17.1 Å². The Morgan fingerprint density at radius 3 is 2.83 bits per heavy atom. The van der Waals surface area contributed by atoms with Crippen LogP contribution in [0.4, 0.5) is 0 Å². The fourth-order valence-electron chi connectivity index (χ4n) is 4.33. The van der Waals surface area contributed by atoms with Gasteiger partial charge in [-0.25, -0.2) is 9.78 Å². The number of aromatic nitrogens is 2. The zero-order chi connectivity index (χ0) is 20.3. The standard InChI is InChI=1S/C22H20N2O5/c1-3-22(27)16-14(11-29-21(22)26)20(25)24-10-13-9-12-7-5-6-8-15(12)23-17(13)18(24)19(16)28-4-2/h5-9,27H,3-4,10-11H2,1-2H3/t22-/m0/s1. The second kappa shape index (κ2) is 6.15. The van der Waals surface area contributed by atoms with Crippen LogP contribution in [0.5, 0.6) is 5.75 Å². The Balaban J connectivity index is 1.89. The summed E-state index contributed by atoms with van der Waals surface area (Å²) >= 11 is 0. The van der Waals surface area contributed by atoms with Crippen molar-refractivity contribution < 1.29 is 19.4 Å². The maximum atomic E-state index is 13.3. The Labute approximate surface area is 166 Å². The van der Waals surface area contributed by atoms with E-state index in [2.05, 4.69) is 0 Å². The van der Waals surface area contributed by atoms with E-state index < -0.39 is 11.6 Å². The number of fused-ring (bicyclic) bond motifs is 5. The van der Waals surface area contributed by atoms with Crippen LogP contribution in [-0.4, -0.2) is 27.2 Å².